The van der Waals surface area contributed by atoms with E-state index in [2.05, 4.69) is 13.8 Å². The average molecular weight is 285 g/mol. The van der Waals surface area contributed by atoms with Gasteiger partial charge in [0.2, 0.25) is 0 Å². The van der Waals surface area contributed by atoms with Crippen molar-refractivity contribution in [2.45, 2.75) is 71.4 Å². The van der Waals surface area contributed by atoms with E-state index < -0.39 is 23.2 Å². The molecule has 0 heterocycles. The summed E-state index contributed by atoms with van der Waals surface area (Å²) < 4.78 is 5.30. The number of nitrogens with zero attached hydrogens (tertiary/aromatic N) is 1. The molecule has 1 N–H and O–H groups in total. The molecule has 0 unspecified atom stereocenters. The Morgan fingerprint density at radius 3 is 1.90 bits per heavy atom. The number of carbonyl (C=O) groups excluding carboxylic acids is 1. The van der Waals surface area contributed by atoms with Crippen molar-refractivity contribution in [3.05, 3.63) is 0 Å². The molecule has 116 valence electrons. The molecular formula is C15H27NO4. The van der Waals surface area contributed by atoms with Gasteiger partial charge in [0.05, 0.1) is 0 Å². The number of hydrogen-bond donors (Lipinski definition) is 1. The summed E-state index contributed by atoms with van der Waals surface area (Å²) in [6, 6.07) is 0. The van der Waals surface area contributed by atoms with Crippen LogP contribution in [0, 0.1) is 5.41 Å². The number of rotatable bonds is 2. The third-order valence-corrected chi connectivity index (χ3v) is 4.14. The van der Waals surface area contributed by atoms with E-state index in [0.29, 0.717) is 12.8 Å². The number of carboxylic acids is 1. The zero-order valence-electron chi connectivity index (χ0n) is 13.4. The number of ether oxygens (including phenoxy) is 1. The molecule has 1 rings (SSSR count). The van der Waals surface area contributed by atoms with E-state index >= 15 is 0 Å². The molecule has 0 aromatic rings. The Labute approximate surface area is 121 Å². The van der Waals surface area contributed by atoms with Crippen LogP contribution in [0.2, 0.25) is 0 Å². The van der Waals surface area contributed by atoms with Gasteiger partial charge in [-0.2, -0.15) is 0 Å². The maximum atomic E-state index is 12.2. The summed E-state index contributed by atoms with van der Waals surface area (Å²) in [5, 5.41) is 9.63. The van der Waals surface area contributed by atoms with Crippen molar-refractivity contribution in [2.75, 3.05) is 7.05 Å². The highest BCUT2D eigenvalue weighted by Crippen LogP contribution is 2.43. The van der Waals surface area contributed by atoms with Gasteiger partial charge >= 0.3 is 12.1 Å². The zero-order valence-corrected chi connectivity index (χ0v) is 13.4. The third-order valence-electron chi connectivity index (χ3n) is 4.14. The predicted octanol–water partition coefficient (Wildman–Crippen LogP) is 3.28. The summed E-state index contributed by atoms with van der Waals surface area (Å²) >= 11 is 0. The van der Waals surface area contributed by atoms with Crippen LogP contribution in [0.5, 0.6) is 0 Å². The van der Waals surface area contributed by atoms with Crippen LogP contribution in [0.25, 0.3) is 0 Å². The Morgan fingerprint density at radius 2 is 1.55 bits per heavy atom. The van der Waals surface area contributed by atoms with E-state index in [0.717, 1.165) is 12.8 Å². The van der Waals surface area contributed by atoms with Crippen molar-refractivity contribution >= 4 is 12.1 Å². The van der Waals surface area contributed by atoms with Gasteiger partial charge in [-0.25, -0.2) is 9.59 Å². The average Bonchev–Trinajstić information content (AvgIpc) is 2.26. The van der Waals surface area contributed by atoms with Gasteiger partial charge in [-0.3, -0.25) is 4.90 Å². The summed E-state index contributed by atoms with van der Waals surface area (Å²) in [7, 11) is 1.53. The van der Waals surface area contributed by atoms with Crippen LogP contribution >= 0.6 is 0 Å². The van der Waals surface area contributed by atoms with E-state index in [9.17, 15) is 14.7 Å². The van der Waals surface area contributed by atoms with Crippen molar-refractivity contribution in [3.8, 4) is 0 Å². The topological polar surface area (TPSA) is 66.8 Å². The van der Waals surface area contributed by atoms with Gasteiger partial charge < -0.3 is 9.84 Å². The molecule has 1 amide bonds. The van der Waals surface area contributed by atoms with Gasteiger partial charge in [0.15, 0.2) is 0 Å². The molecule has 0 aliphatic heterocycles. The second kappa shape index (κ2) is 5.26. The lowest BCUT2D eigenvalue weighted by molar-refractivity contribution is -0.154. The minimum Gasteiger partial charge on any atom is -0.479 e. The van der Waals surface area contributed by atoms with Crippen LogP contribution < -0.4 is 0 Å². The lowest BCUT2D eigenvalue weighted by Crippen LogP contribution is -2.58. The molecule has 0 radical (unpaired) electrons. The van der Waals surface area contributed by atoms with Crippen LogP contribution in [-0.2, 0) is 9.53 Å². The summed E-state index contributed by atoms with van der Waals surface area (Å²) in [5.41, 5.74) is -1.63. The molecule has 1 aliphatic carbocycles. The van der Waals surface area contributed by atoms with Crippen LogP contribution in [-0.4, -0.2) is 40.3 Å². The maximum absolute atomic E-state index is 12.2. The van der Waals surface area contributed by atoms with Crippen LogP contribution in [0.1, 0.15) is 60.3 Å². The Balaban J connectivity index is 2.92. The highest BCUT2D eigenvalue weighted by Gasteiger charge is 2.49. The van der Waals surface area contributed by atoms with Gasteiger partial charge in [0.25, 0.3) is 0 Å². The fraction of sp³-hybridized carbons (Fsp3) is 0.867. The number of hydrogen-bond acceptors (Lipinski definition) is 3. The van der Waals surface area contributed by atoms with Gasteiger partial charge in [0.1, 0.15) is 11.1 Å². The lowest BCUT2D eigenvalue weighted by atomic mass is 9.69. The molecule has 0 aromatic carbocycles. The second-order valence-electron chi connectivity index (χ2n) is 7.54. The van der Waals surface area contributed by atoms with Crippen LogP contribution in [0.3, 0.4) is 0 Å². The molecule has 5 heteroatoms. The van der Waals surface area contributed by atoms with E-state index in [1.165, 1.54) is 11.9 Å². The summed E-state index contributed by atoms with van der Waals surface area (Å²) in [5.74, 6) is -0.943. The highest BCUT2D eigenvalue weighted by molar-refractivity contribution is 5.84. The molecule has 0 spiro atoms. The Kier molecular flexibility index (Phi) is 4.42. The number of likely N-dealkylation sites (N-methyl/N-ethyl adjacent to an activating group) is 1. The number of carboxylic acid groups (broad SMARTS) is 1. The Morgan fingerprint density at radius 1 is 1.10 bits per heavy atom. The minimum atomic E-state index is -1.14. The van der Waals surface area contributed by atoms with Gasteiger partial charge in [-0.15, -0.1) is 0 Å². The first-order valence-corrected chi connectivity index (χ1v) is 7.10. The molecule has 0 atom stereocenters. The first-order valence-electron chi connectivity index (χ1n) is 7.10. The van der Waals surface area contributed by atoms with E-state index in [1.54, 1.807) is 20.8 Å². The monoisotopic (exact) mass is 285 g/mol. The Hall–Kier alpha value is -1.26. The van der Waals surface area contributed by atoms with Gasteiger partial charge in [-0.05, 0) is 51.9 Å². The molecule has 1 aliphatic rings. The number of amides is 1. The normalized spacial score (nSPS) is 21.1. The second-order valence-corrected chi connectivity index (χ2v) is 7.54. The van der Waals surface area contributed by atoms with Crippen LogP contribution in [0.4, 0.5) is 4.79 Å². The first kappa shape index (κ1) is 16.8. The van der Waals surface area contributed by atoms with Gasteiger partial charge in [0, 0.05) is 7.05 Å². The van der Waals surface area contributed by atoms with E-state index in [-0.39, 0.29) is 5.41 Å². The lowest BCUT2D eigenvalue weighted by Gasteiger charge is -2.45. The molecule has 0 bridgehead atoms. The molecule has 0 saturated heterocycles. The summed E-state index contributed by atoms with van der Waals surface area (Å²) in [4.78, 5) is 25.2. The summed E-state index contributed by atoms with van der Waals surface area (Å²) in [6.07, 6.45) is 1.93. The first-order chi connectivity index (χ1) is 8.90. The van der Waals surface area contributed by atoms with Crippen molar-refractivity contribution < 1.29 is 19.4 Å². The predicted molar refractivity (Wildman–Crippen MR) is 76.6 cm³/mol. The molecule has 0 aromatic heterocycles. The standard InChI is InChI=1S/C15H27NO4/c1-13(2,3)20-12(19)16(6)15(11(17)18)9-7-14(4,5)8-10-15/h7-10H2,1-6H3,(H,17,18). The molecule has 1 saturated carbocycles. The molecule has 1 fully saturated rings. The quantitative estimate of drug-likeness (QED) is 0.845. The maximum Gasteiger partial charge on any atom is 0.410 e. The Bertz CT molecular complexity index is 385. The smallest absolute Gasteiger partial charge is 0.410 e. The van der Waals surface area contributed by atoms with E-state index in [1.807, 2.05) is 0 Å². The largest absolute Gasteiger partial charge is 0.479 e. The highest BCUT2D eigenvalue weighted by atomic mass is 16.6. The SMILES string of the molecule is CN(C(=O)OC(C)(C)C)C1(C(=O)O)CCC(C)(C)CC1. The number of aliphatic carboxylic acids is 1. The van der Waals surface area contributed by atoms with E-state index in [4.69, 9.17) is 4.74 Å². The number of carbonyl (C=O) groups is 2. The third kappa shape index (κ3) is 3.64. The van der Waals surface area contributed by atoms with Crippen molar-refractivity contribution in [2.24, 2.45) is 5.41 Å². The van der Waals surface area contributed by atoms with Crippen molar-refractivity contribution in [3.63, 3.8) is 0 Å². The summed E-state index contributed by atoms with van der Waals surface area (Å²) in [6.45, 7) is 9.58. The van der Waals surface area contributed by atoms with Crippen molar-refractivity contribution in [1.82, 2.24) is 4.90 Å². The minimum absolute atomic E-state index is 0.133. The van der Waals surface area contributed by atoms with Gasteiger partial charge in [-0.1, -0.05) is 13.8 Å². The zero-order chi connectivity index (χ0) is 15.8. The molecule has 20 heavy (non-hydrogen) atoms. The molecule has 5 nitrogen and oxygen atoms in total. The van der Waals surface area contributed by atoms with Crippen molar-refractivity contribution in [1.29, 1.82) is 0 Å². The fourth-order valence-corrected chi connectivity index (χ4v) is 2.54. The van der Waals surface area contributed by atoms with Crippen LogP contribution in [0.15, 0.2) is 0 Å². The molecular weight excluding hydrogens is 258 g/mol. The fourth-order valence-electron chi connectivity index (χ4n) is 2.54.